The summed E-state index contributed by atoms with van der Waals surface area (Å²) < 4.78 is 5.90. The van der Waals surface area contributed by atoms with Crippen LogP contribution in [0.15, 0.2) is 78.9 Å². The molecule has 0 unspecified atom stereocenters. The molecule has 2 heteroatoms. The van der Waals surface area contributed by atoms with E-state index in [4.69, 9.17) is 4.74 Å². The predicted molar refractivity (Wildman–Crippen MR) is 108 cm³/mol. The van der Waals surface area contributed by atoms with E-state index >= 15 is 0 Å². The average molecular weight is 337 g/mol. The van der Waals surface area contributed by atoms with Gasteiger partial charge in [-0.25, -0.2) is 0 Å². The molecule has 0 atom stereocenters. The molecular formula is C22H24OS. The first-order valence-corrected chi connectivity index (χ1v) is 8.26. The van der Waals surface area contributed by atoms with Gasteiger partial charge in [0, 0.05) is 0 Å². The molecule has 0 aliphatic rings. The molecular weight excluding hydrogens is 312 g/mol. The molecule has 3 rings (SSSR count). The maximum atomic E-state index is 5.90. The first-order chi connectivity index (χ1) is 11.4. The monoisotopic (exact) mass is 336 g/mol. The normalized spacial score (nSPS) is 10.0. The van der Waals surface area contributed by atoms with Crippen LogP contribution in [0.2, 0.25) is 0 Å². The van der Waals surface area contributed by atoms with Crippen molar-refractivity contribution in [2.45, 2.75) is 19.8 Å². The van der Waals surface area contributed by atoms with Crippen LogP contribution < -0.4 is 4.74 Å². The summed E-state index contributed by atoms with van der Waals surface area (Å²) in [6.45, 7) is 2.95. The Morgan fingerprint density at radius 2 is 1.29 bits per heavy atom. The van der Waals surface area contributed by atoms with Crippen LogP contribution in [0.1, 0.15) is 19.8 Å². The summed E-state index contributed by atoms with van der Waals surface area (Å²) >= 11 is 0. The largest absolute Gasteiger partial charge is 0.494 e. The van der Waals surface area contributed by atoms with E-state index < -0.39 is 0 Å². The van der Waals surface area contributed by atoms with Crippen LogP contribution in [-0.4, -0.2) is 6.61 Å². The molecule has 0 aromatic heterocycles. The van der Waals surface area contributed by atoms with Gasteiger partial charge in [-0.2, -0.15) is 13.5 Å². The van der Waals surface area contributed by atoms with Gasteiger partial charge in [0.05, 0.1) is 6.61 Å². The van der Waals surface area contributed by atoms with Gasteiger partial charge in [0.15, 0.2) is 0 Å². The van der Waals surface area contributed by atoms with Crippen LogP contribution in [0, 0.1) is 0 Å². The smallest absolute Gasteiger partial charge is 0.119 e. The summed E-state index contributed by atoms with van der Waals surface area (Å²) in [6.07, 6.45) is 2.23. The Bertz CT molecular complexity index is 738. The van der Waals surface area contributed by atoms with E-state index in [1.165, 1.54) is 22.3 Å². The minimum absolute atomic E-state index is 0. The van der Waals surface area contributed by atoms with Crippen molar-refractivity contribution >= 4 is 13.5 Å². The zero-order valence-corrected chi connectivity index (χ0v) is 15.0. The first-order valence-electron chi connectivity index (χ1n) is 8.26. The highest BCUT2D eigenvalue weighted by atomic mass is 32.1. The van der Waals surface area contributed by atoms with Crippen LogP contribution in [0.3, 0.4) is 0 Å². The molecule has 1 nitrogen and oxygen atoms in total. The molecule has 0 saturated heterocycles. The summed E-state index contributed by atoms with van der Waals surface area (Å²) in [5.74, 6) is 0.942. The molecule has 0 radical (unpaired) electrons. The zero-order valence-electron chi connectivity index (χ0n) is 14.0. The van der Waals surface area contributed by atoms with E-state index in [0.717, 1.165) is 25.2 Å². The Kier molecular flexibility index (Phi) is 6.95. The molecule has 0 spiro atoms. The lowest BCUT2D eigenvalue weighted by atomic mass is 9.94. The van der Waals surface area contributed by atoms with Crippen molar-refractivity contribution < 1.29 is 4.74 Å². The first kappa shape index (κ1) is 18.2. The quantitative estimate of drug-likeness (QED) is 0.479. The molecule has 3 aromatic carbocycles. The van der Waals surface area contributed by atoms with Crippen molar-refractivity contribution in [3.05, 3.63) is 78.9 Å². The summed E-state index contributed by atoms with van der Waals surface area (Å²) in [5.41, 5.74) is 4.89. The molecule has 24 heavy (non-hydrogen) atoms. The van der Waals surface area contributed by atoms with Crippen molar-refractivity contribution in [2.24, 2.45) is 0 Å². The second-order valence-electron chi connectivity index (χ2n) is 5.64. The minimum Gasteiger partial charge on any atom is -0.494 e. The van der Waals surface area contributed by atoms with Crippen LogP contribution in [0.4, 0.5) is 0 Å². The van der Waals surface area contributed by atoms with Gasteiger partial charge < -0.3 is 4.74 Å². The number of benzene rings is 3. The molecule has 0 aliphatic carbocycles. The van der Waals surface area contributed by atoms with Gasteiger partial charge in [-0.1, -0.05) is 80.1 Å². The standard InChI is InChI=1S/C22H22O.H2S/c1-2-3-16-23-20-14-15-21(18-10-6-4-7-11-18)22(17-20)19-12-8-5-9-13-19;/h4-15,17H,2-3,16H2,1H3;1H2. The van der Waals surface area contributed by atoms with Gasteiger partial charge >= 0.3 is 0 Å². The van der Waals surface area contributed by atoms with Crippen molar-refractivity contribution in [1.82, 2.24) is 0 Å². The van der Waals surface area contributed by atoms with Gasteiger partial charge in [0.1, 0.15) is 5.75 Å². The summed E-state index contributed by atoms with van der Waals surface area (Å²) in [4.78, 5) is 0. The maximum Gasteiger partial charge on any atom is 0.119 e. The number of ether oxygens (including phenoxy) is 1. The van der Waals surface area contributed by atoms with Crippen LogP contribution in [0.5, 0.6) is 5.75 Å². The third-order valence-corrected chi connectivity index (χ3v) is 3.93. The number of unbranched alkanes of at least 4 members (excludes halogenated alkanes) is 1. The Hall–Kier alpha value is -2.19. The Labute approximate surface area is 151 Å². The number of hydrogen-bond acceptors (Lipinski definition) is 1. The minimum atomic E-state index is 0. The molecule has 0 N–H and O–H groups in total. The summed E-state index contributed by atoms with van der Waals surface area (Å²) in [7, 11) is 0. The molecule has 124 valence electrons. The van der Waals surface area contributed by atoms with Gasteiger partial charge in [0.2, 0.25) is 0 Å². The lowest BCUT2D eigenvalue weighted by Gasteiger charge is -2.13. The summed E-state index contributed by atoms with van der Waals surface area (Å²) in [5, 5.41) is 0. The van der Waals surface area contributed by atoms with Crippen molar-refractivity contribution in [1.29, 1.82) is 0 Å². The van der Waals surface area contributed by atoms with Crippen LogP contribution in [-0.2, 0) is 0 Å². The Morgan fingerprint density at radius 3 is 1.88 bits per heavy atom. The predicted octanol–water partition coefficient (Wildman–Crippen LogP) is 6.31. The van der Waals surface area contributed by atoms with Gasteiger partial charge in [-0.05, 0) is 40.8 Å². The summed E-state index contributed by atoms with van der Waals surface area (Å²) in [6, 6.07) is 27.4. The van der Waals surface area contributed by atoms with Crippen molar-refractivity contribution in [2.75, 3.05) is 6.61 Å². The second kappa shape index (κ2) is 9.19. The highest BCUT2D eigenvalue weighted by Gasteiger charge is 2.09. The lowest BCUT2D eigenvalue weighted by Crippen LogP contribution is -1.97. The van der Waals surface area contributed by atoms with Gasteiger partial charge in [-0.3, -0.25) is 0 Å². The molecule has 0 aliphatic heterocycles. The average Bonchev–Trinajstić information content (AvgIpc) is 2.63. The SMILES string of the molecule is CCCCOc1ccc(-c2ccccc2)c(-c2ccccc2)c1.S. The third-order valence-electron chi connectivity index (χ3n) is 3.93. The third kappa shape index (κ3) is 4.42. The highest BCUT2D eigenvalue weighted by Crippen LogP contribution is 2.34. The fraction of sp³-hybridized carbons (Fsp3) is 0.182. The van der Waals surface area contributed by atoms with Gasteiger partial charge in [-0.15, -0.1) is 0 Å². The van der Waals surface area contributed by atoms with E-state index in [9.17, 15) is 0 Å². The zero-order chi connectivity index (χ0) is 15.9. The molecule has 0 heterocycles. The molecule has 0 bridgehead atoms. The second-order valence-corrected chi connectivity index (χ2v) is 5.64. The Morgan fingerprint density at radius 1 is 0.708 bits per heavy atom. The fourth-order valence-electron chi connectivity index (χ4n) is 2.67. The van der Waals surface area contributed by atoms with Crippen LogP contribution in [0.25, 0.3) is 22.3 Å². The van der Waals surface area contributed by atoms with Gasteiger partial charge in [0.25, 0.3) is 0 Å². The fourth-order valence-corrected chi connectivity index (χ4v) is 2.67. The van der Waals surface area contributed by atoms with Crippen molar-refractivity contribution in [3.63, 3.8) is 0 Å². The molecule has 0 saturated carbocycles. The molecule has 0 amide bonds. The van der Waals surface area contributed by atoms with E-state index in [1.54, 1.807) is 0 Å². The lowest BCUT2D eigenvalue weighted by molar-refractivity contribution is 0.309. The molecule has 0 fully saturated rings. The van der Waals surface area contributed by atoms with E-state index in [1.807, 2.05) is 12.1 Å². The topological polar surface area (TPSA) is 9.23 Å². The van der Waals surface area contributed by atoms with E-state index in [0.29, 0.717) is 0 Å². The Balaban J connectivity index is 0.00000208. The highest BCUT2D eigenvalue weighted by molar-refractivity contribution is 7.59. The maximum absolute atomic E-state index is 5.90. The van der Waals surface area contributed by atoms with Crippen molar-refractivity contribution in [3.8, 4) is 28.0 Å². The van der Waals surface area contributed by atoms with E-state index in [-0.39, 0.29) is 13.5 Å². The van der Waals surface area contributed by atoms with E-state index in [2.05, 4.69) is 73.7 Å². The number of rotatable bonds is 6. The van der Waals surface area contributed by atoms with Crippen LogP contribution >= 0.6 is 13.5 Å². The number of hydrogen-bond donors (Lipinski definition) is 0. The molecule has 3 aromatic rings.